The number of benzene rings is 1. The van der Waals surface area contributed by atoms with Crippen LogP contribution in [0.15, 0.2) is 36.4 Å². The van der Waals surface area contributed by atoms with E-state index in [2.05, 4.69) is 19.1 Å². The average Bonchev–Trinajstić information content (AvgIpc) is 2.49. The summed E-state index contributed by atoms with van der Waals surface area (Å²) in [6.45, 7) is 4.01. The van der Waals surface area contributed by atoms with E-state index in [-0.39, 0.29) is 5.82 Å². The van der Waals surface area contributed by atoms with Crippen LogP contribution in [0.1, 0.15) is 38.2 Å². The van der Waals surface area contributed by atoms with Gasteiger partial charge in [-0.25, -0.2) is 4.39 Å². The SMILES string of the molecule is CCC[C](C=CCc1ccc(F)cc1)C1CCOCC1. The minimum Gasteiger partial charge on any atom is -0.381 e. The van der Waals surface area contributed by atoms with Crippen molar-refractivity contribution in [1.82, 2.24) is 0 Å². The molecule has 1 saturated heterocycles. The Bertz CT molecular complexity index is 404. The number of hydrogen-bond donors (Lipinski definition) is 0. The summed E-state index contributed by atoms with van der Waals surface area (Å²) in [5.41, 5.74) is 1.16. The van der Waals surface area contributed by atoms with Gasteiger partial charge in [-0.1, -0.05) is 37.6 Å². The molecule has 0 spiro atoms. The second kappa shape index (κ2) is 8.21. The fourth-order valence-corrected chi connectivity index (χ4v) is 2.75. The Morgan fingerprint density at radius 3 is 2.60 bits per heavy atom. The van der Waals surface area contributed by atoms with Crippen molar-refractivity contribution in [2.24, 2.45) is 5.92 Å². The quantitative estimate of drug-likeness (QED) is 0.729. The van der Waals surface area contributed by atoms with E-state index in [1.807, 2.05) is 12.1 Å². The molecule has 0 unspecified atom stereocenters. The average molecular weight is 275 g/mol. The molecule has 1 nitrogen and oxygen atoms in total. The van der Waals surface area contributed by atoms with Crippen molar-refractivity contribution < 1.29 is 9.13 Å². The van der Waals surface area contributed by atoms with Crippen molar-refractivity contribution in [3.05, 3.63) is 53.7 Å². The normalized spacial score (nSPS) is 17.1. The zero-order valence-electron chi connectivity index (χ0n) is 12.3. The van der Waals surface area contributed by atoms with Crippen molar-refractivity contribution in [1.29, 1.82) is 0 Å². The lowest BCUT2D eigenvalue weighted by Crippen LogP contribution is -2.21. The van der Waals surface area contributed by atoms with E-state index in [1.165, 1.54) is 25.0 Å². The van der Waals surface area contributed by atoms with Crippen molar-refractivity contribution in [3.63, 3.8) is 0 Å². The van der Waals surface area contributed by atoms with E-state index in [1.54, 1.807) is 5.92 Å². The molecule has 1 aliphatic rings. The van der Waals surface area contributed by atoms with E-state index < -0.39 is 0 Å². The molecule has 0 saturated carbocycles. The second-order valence-electron chi connectivity index (χ2n) is 5.44. The standard InChI is InChI=1S/C18H24FO/c1-2-4-16(17-11-13-20-14-12-17)6-3-5-15-7-9-18(19)10-8-15/h3,6-10,17H,2,4-5,11-14H2,1H3. The molecule has 0 atom stereocenters. The fraction of sp³-hybridized carbons (Fsp3) is 0.500. The monoisotopic (exact) mass is 275 g/mol. The predicted octanol–water partition coefficient (Wildman–Crippen LogP) is 4.73. The number of ether oxygens (including phenoxy) is 1. The van der Waals surface area contributed by atoms with Gasteiger partial charge in [0.25, 0.3) is 0 Å². The molecule has 0 aromatic heterocycles. The van der Waals surface area contributed by atoms with Crippen molar-refractivity contribution in [2.75, 3.05) is 13.2 Å². The Balaban J connectivity index is 1.89. The predicted molar refractivity (Wildman–Crippen MR) is 80.9 cm³/mol. The summed E-state index contributed by atoms with van der Waals surface area (Å²) in [6.07, 6.45) is 10.0. The van der Waals surface area contributed by atoms with Crippen LogP contribution in [-0.2, 0) is 11.2 Å². The third-order valence-electron chi connectivity index (χ3n) is 3.88. The summed E-state index contributed by atoms with van der Waals surface area (Å²) in [5.74, 6) is 2.07. The molecule has 20 heavy (non-hydrogen) atoms. The number of rotatable bonds is 6. The first-order valence-electron chi connectivity index (χ1n) is 7.64. The summed E-state index contributed by atoms with van der Waals surface area (Å²) in [4.78, 5) is 0. The Labute approximate surface area is 121 Å². The summed E-state index contributed by atoms with van der Waals surface area (Å²) < 4.78 is 18.3. The first kappa shape index (κ1) is 15.2. The summed E-state index contributed by atoms with van der Waals surface area (Å²) in [5, 5.41) is 0. The van der Waals surface area contributed by atoms with Gasteiger partial charge >= 0.3 is 0 Å². The molecule has 1 aromatic rings. The van der Waals surface area contributed by atoms with Crippen LogP contribution in [0.4, 0.5) is 4.39 Å². The Morgan fingerprint density at radius 1 is 1.25 bits per heavy atom. The lowest BCUT2D eigenvalue weighted by Gasteiger charge is -2.27. The maximum absolute atomic E-state index is 12.8. The van der Waals surface area contributed by atoms with Gasteiger partial charge < -0.3 is 4.74 Å². The van der Waals surface area contributed by atoms with Crippen molar-refractivity contribution >= 4 is 0 Å². The molecule has 109 valence electrons. The van der Waals surface area contributed by atoms with Crippen LogP contribution in [0.2, 0.25) is 0 Å². The maximum Gasteiger partial charge on any atom is 0.123 e. The highest BCUT2D eigenvalue weighted by Crippen LogP contribution is 2.30. The van der Waals surface area contributed by atoms with Crippen molar-refractivity contribution in [3.8, 4) is 0 Å². The zero-order chi connectivity index (χ0) is 14.2. The number of halogens is 1. The van der Waals surface area contributed by atoms with Gasteiger partial charge in [0.15, 0.2) is 0 Å². The van der Waals surface area contributed by atoms with Crippen LogP contribution in [0.25, 0.3) is 0 Å². The van der Waals surface area contributed by atoms with E-state index >= 15 is 0 Å². The maximum atomic E-state index is 12.8. The molecule has 1 aliphatic heterocycles. The second-order valence-corrected chi connectivity index (χ2v) is 5.44. The largest absolute Gasteiger partial charge is 0.381 e. The molecule has 0 amide bonds. The van der Waals surface area contributed by atoms with Gasteiger partial charge in [0.1, 0.15) is 5.82 Å². The van der Waals surface area contributed by atoms with Crippen LogP contribution < -0.4 is 0 Å². The lowest BCUT2D eigenvalue weighted by molar-refractivity contribution is 0.0705. The van der Waals surface area contributed by atoms with Crippen LogP contribution in [-0.4, -0.2) is 13.2 Å². The van der Waals surface area contributed by atoms with E-state index in [0.29, 0.717) is 5.92 Å². The third-order valence-corrected chi connectivity index (χ3v) is 3.88. The summed E-state index contributed by atoms with van der Waals surface area (Å²) in [6, 6.07) is 6.76. The van der Waals surface area contributed by atoms with Crippen LogP contribution in [0.5, 0.6) is 0 Å². The fourth-order valence-electron chi connectivity index (χ4n) is 2.75. The summed E-state index contributed by atoms with van der Waals surface area (Å²) >= 11 is 0. The topological polar surface area (TPSA) is 9.23 Å². The van der Waals surface area contributed by atoms with Gasteiger partial charge in [-0.15, -0.1) is 0 Å². The molecule has 1 radical (unpaired) electrons. The van der Waals surface area contributed by atoms with Gasteiger partial charge in [0.2, 0.25) is 0 Å². The number of hydrogen-bond acceptors (Lipinski definition) is 1. The van der Waals surface area contributed by atoms with Gasteiger partial charge in [0.05, 0.1) is 0 Å². The Kier molecular flexibility index (Phi) is 6.25. The zero-order valence-corrected chi connectivity index (χ0v) is 12.3. The van der Waals surface area contributed by atoms with Gasteiger partial charge in [-0.3, -0.25) is 0 Å². The lowest BCUT2D eigenvalue weighted by atomic mass is 9.83. The number of allylic oxidation sites excluding steroid dienone is 2. The van der Waals surface area contributed by atoms with Gasteiger partial charge in [-0.2, -0.15) is 0 Å². The first-order chi connectivity index (χ1) is 9.79. The molecule has 0 N–H and O–H groups in total. The van der Waals surface area contributed by atoms with Gasteiger partial charge in [0, 0.05) is 19.1 Å². The Morgan fingerprint density at radius 2 is 1.95 bits per heavy atom. The first-order valence-corrected chi connectivity index (χ1v) is 7.64. The smallest absolute Gasteiger partial charge is 0.123 e. The Hall–Kier alpha value is -1.15. The molecule has 2 heteroatoms. The minimum atomic E-state index is -0.168. The molecule has 2 rings (SSSR count). The molecule has 1 fully saturated rings. The van der Waals surface area contributed by atoms with Crippen LogP contribution in [0.3, 0.4) is 0 Å². The molecule has 0 bridgehead atoms. The highest BCUT2D eigenvalue weighted by Gasteiger charge is 2.21. The van der Waals surface area contributed by atoms with E-state index in [4.69, 9.17) is 4.74 Å². The molecule has 1 heterocycles. The van der Waals surface area contributed by atoms with E-state index in [9.17, 15) is 4.39 Å². The van der Waals surface area contributed by atoms with Crippen molar-refractivity contribution in [2.45, 2.75) is 39.0 Å². The van der Waals surface area contributed by atoms with Crippen LogP contribution >= 0.6 is 0 Å². The van der Waals surface area contributed by atoms with Gasteiger partial charge in [-0.05, 0) is 49.3 Å². The highest BCUT2D eigenvalue weighted by molar-refractivity contribution is 5.21. The molecule has 1 aromatic carbocycles. The van der Waals surface area contributed by atoms with Crippen LogP contribution in [0, 0.1) is 17.7 Å². The molecular weight excluding hydrogens is 251 g/mol. The summed E-state index contributed by atoms with van der Waals surface area (Å²) in [7, 11) is 0. The third kappa shape index (κ3) is 4.75. The highest BCUT2D eigenvalue weighted by atomic mass is 19.1. The van der Waals surface area contributed by atoms with E-state index in [0.717, 1.165) is 38.0 Å². The molecule has 0 aliphatic carbocycles. The minimum absolute atomic E-state index is 0.168. The molecular formula is C18H24FO.